The molecule has 2 rings (SSSR count). The average Bonchev–Trinajstić information content (AvgIpc) is 2.49. The first-order valence-electron chi connectivity index (χ1n) is 7.25. The summed E-state index contributed by atoms with van der Waals surface area (Å²) >= 11 is 0. The first-order chi connectivity index (χ1) is 9.63. The van der Waals surface area contributed by atoms with Crippen LogP contribution in [0.1, 0.15) is 26.7 Å². The lowest BCUT2D eigenvalue weighted by Gasteiger charge is -2.33. The largest absolute Gasteiger partial charge is 0.343 e. The summed E-state index contributed by atoms with van der Waals surface area (Å²) in [6, 6.07) is 9.78. The molecule has 0 radical (unpaired) electrons. The third kappa shape index (κ3) is 3.18. The Morgan fingerprint density at radius 3 is 2.30 bits per heavy atom. The second-order valence-corrected chi connectivity index (χ2v) is 5.20. The van der Waals surface area contributed by atoms with Crippen LogP contribution < -0.4 is 4.90 Å². The molecule has 1 saturated heterocycles. The Morgan fingerprint density at radius 2 is 1.80 bits per heavy atom. The van der Waals surface area contributed by atoms with Crippen LogP contribution in [-0.4, -0.2) is 36.3 Å². The Morgan fingerprint density at radius 1 is 1.20 bits per heavy atom. The molecule has 0 bridgehead atoms. The fraction of sp³-hybridized carbons (Fsp3) is 0.500. The van der Waals surface area contributed by atoms with Crippen LogP contribution >= 0.6 is 0 Å². The Kier molecular flexibility index (Phi) is 4.77. The van der Waals surface area contributed by atoms with E-state index >= 15 is 0 Å². The smallest absolute Gasteiger partial charge is 0.230 e. The molecule has 1 fully saturated rings. The fourth-order valence-corrected chi connectivity index (χ4v) is 2.74. The molecule has 1 aliphatic rings. The zero-order valence-electron chi connectivity index (χ0n) is 12.2. The number of piperidine rings is 1. The Bertz CT molecular complexity index is 465. The summed E-state index contributed by atoms with van der Waals surface area (Å²) in [5.41, 5.74) is 0.953. The van der Waals surface area contributed by atoms with Crippen molar-refractivity contribution >= 4 is 17.5 Å². The van der Waals surface area contributed by atoms with E-state index in [2.05, 4.69) is 0 Å². The number of likely N-dealkylation sites (tertiary alicyclic amines) is 1. The number of rotatable bonds is 3. The minimum absolute atomic E-state index is 0.0331. The predicted octanol–water partition coefficient (Wildman–Crippen LogP) is 2.30. The van der Waals surface area contributed by atoms with Crippen molar-refractivity contribution in [3.8, 4) is 0 Å². The van der Waals surface area contributed by atoms with Crippen LogP contribution in [0.25, 0.3) is 0 Å². The molecule has 20 heavy (non-hydrogen) atoms. The SMILES string of the molecule is CCN(C(=O)C1CCN(C(C)=O)CC1)c1ccccc1. The number of amides is 2. The van der Waals surface area contributed by atoms with Gasteiger partial charge in [0.05, 0.1) is 0 Å². The zero-order valence-corrected chi connectivity index (χ0v) is 12.2. The van der Waals surface area contributed by atoms with Crippen molar-refractivity contribution in [1.82, 2.24) is 4.90 Å². The fourth-order valence-electron chi connectivity index (χ4n) is 2.74. The van der Waals surface area contributed by atoms with E-state index in [4.69, 9.17) is 0 Å². The molecule has 1 aliphatic heterocycles. The van der Waals surface area contributed by atoms with Crippen LogP contribution in [0, 0.1) is 5.92 Å². The number of benzene rings is 1. The first-order valence-corrected chi connectivity index (χ1v) is 7.25. The monoisotopic (exact) mass is 274 g/mol. The molecule has 0 aromatic heterocycles. The van der Waals surface area contributed by atoms with Crippen molar-refractivity contribution in [3.63, 3.8) is 0 Å². The molecule has 0 aliphatic carbocycles. The van der Waals surface area contributed by atoms with Crippen LogP contribution in [0.15, 0.2) is 30.3 Å². The normalized spacial score (nSPS) is 16.0. The highest BCUT2D eigenvalue weighted by Crippen LogP contribution is 2.23. The van der Waals surface area contributed by atoms with Gasteiger partial charge in [-0.3, -0.25) is 9.59 Å². The van der Waals surface area contributed by atoms with Gasteiger partial charge in [0.1, 0.15) is 0 Å². The summed E-state index contributed by atoms with van der Waals surface area (Å²) in [7, 11) is 0. The van der Waals surface area contributed by atoms with Crippen molar-refractivity contribution in [2.45, 2.75) is 26.7 Å². The molecular weight excluding hydrogens is 252 g/mol. The van der Waals surface area contributed by atoms with Crippen LogP contribution in [0.5, 0.6) is 0 Å². The molecule has 0 spiro atoms. The second kappa shape index (κ2) is 6.55. The Labute approximate surface area is 120 Å². The highest BCUT2D eigenvalue weighted by Gasteiger charge is 2.29. The topological polar surface area (TPSA) is 40.6 Å². The van der Waals surface area contributed by atoms with Gasteiger partial charge >= 0.3 is 0 Å². The molecule has 0 unspecified atom stereocenters. The van der Waals surface area contributed by atoms with Crippen molar-refractivity contribution in [1.29, 1.82) is 0 Å². The number of para-hydroxylation sites is 1. The summed E-state index contributed by atoms with van der Waals surface area (Å²) in [5.74, 6) is 0.318. The van der Waals surface area contributed by atoms with E-state index in [1.807, 2.05) is 47.1 Å². The third-order valence-electron chi connectivity index (χ3n) is 3.94. The van der Waals surface area contributed by atoms with E-state index < -0.39 is 0 Å². The predicted molar refractivity (Wildman–Crippen MR) is 79.4 cm³/mol. The van der Waals surface area contributed by atoms with Crippen LogP contribution in [0.4, 0.5) is 5.69 Å². The van der Waals surface area contributed by atoms with Gasteiger partial charge in [-0.25, -0.2) is 0 Å². The number of carbonyl (C=O) groups is 2. The maximum atomic E-state index is 12.6. The Balaban J connectivity index is 2.02. The molecule has 0 atom stereocenters. The first kappa shape index (κ1) is 14.6. The van der Waals surface area contributed by atoms with E-state index in [1.165, 1.54) is 0 Å². The van der Waals surface area contributed by atoms with Gasteiger partial charge in [0.15, 0.2) is 0 Å². The molecule has 4 heteroatoms. The summed E-state index contributed by atoms with van der Waals surface area (Å²) in [6.07, 6.45) is 1.53. The number of anilines is 1. The maximum absolute atomic E-state index is 12.6. The summed E-state index contributed by atoms with van der Waals surface area (Å²) in [5, 5.41) is 0. The molecule has 0 N–H and O–H groups in total. The van der Waals surface area contributed by atoms with Crippen molar-refractivity contribution in [3.05, 3.63) is 30.3 Å². The third-order valence-corrected chi connectivity index (χ3v) is 3.94. The Hall–Kier alpha value is -1.84. The van der Waals surface area contributed by atoms with Gasteiger partial charge in [0.25, 0.3) is 0 Å². The average molecular weight is 274 g/mol. The minimum Gasteiger partial charge on any atom is -0.343 e. The van der Waals surface area contributed by atoms with E-state index in [-0.39, 0.29) is 17.7 Å². The minimum atomic E-state index is 0.0331. The zero-order chi connectivity index (χ0) is 14.5. The van der Waals surface area contributed by atoms with E-state index in [0.717, 1.165) is 18.5 Å². The maximum Gasteiger partial charge on any atom is 0.230 e. The van der Waals surface area contributed by atoms with Gasteiger partial charge < -0.3 is 9.80 Å². The van der Waals surface area contributed by atoms with Crippen molar-refractivity contribution < 1.29 is 9.59 Å². The van der Waals surface area contributed by atoms with E-state index in [0.29, 0.717) is 19.6 Å². The van der Waals surface area contributed by atoms with Crippen LogP contribution in [0.2, 0.25) is 0 Å². The van der Waals surface area contributed by atoms with Gasteiger partial charge in [-0.2, -0.15) is 0 Å². The van der Waals surface area contributed by atoms with Crippen LogP contribution in [0.3, 0.4) is 0 Å². The standard InChI is InChI=1S/C16H22N2O2/c1-3-18(15-7-5-4-6-8-15)16(20)14-9-11-17(12-10-14)13(2)19/h4-8,14H,3,9-12H2,1-2H3. The van der Waals surface area contributed by atoms with Crippen molar-refractivity contribution in [2.75, 3.05) is 24.5 Å². The highest BCUT2D eigenvalue weighted by molar-refractivity contribution is 5.95. The van der Waals surface area contributed by atoms with Gasteiger partial charge in [0, 0.05) is 38.2 Å². The van der Waals surface area contributed by atoms with E-state index in [9.17, 15) is 9.59 Å². The summed E-state index contributed by atoms with van der Waals surface area (Å²) < 4.78 is 0. The molecule has 1 aromatic carbocycles. The molecule has 4 nitrogen and oxygen atoms in total. The van der Waals surface area contributed by atoms with Crippen molar-refractivity contribution in [2.24, 2.45) is 5.92 Å². The van der Waals surface area contributed by atoms with Gasteiger partial charge in [0.2, 0.25) is 11.8 Å². The molecule has 0 saturated carbocycles. The van der Waals surface area contributed by atoms with Gasteiger partial charge in [-0.05, 0) is 31.9 Å². The number of carbonyl (C=O) groups excluding carboxylic acids is 2. The number of nitrogens with zero attached hydrogens (tertiary/aromatic N) is 2. The second-order valence-electron chi connectivity index (χ2n) is 5.20. The number of hydrogen-bond acceptors (Lipinski definition) is 2. The molecular formula is C16H22N2O2. The van der Waals surface area contributed by atoms with Crippen LogP contribution in [-0.2, 0) is 9.59 Å². The lowest BCUT2D eigenvalue weighted by molar-refractivity contribution is -0.133. The summed E-state index contributed by atoms with van der Waals surface area (Å²) in [6.45, 7) is 5.64. The molecule has 1 aromatic rings. The molecule has 108 valence electrons. The lowest BCUT2D eigenvalue weighted by Crippen LogP contribution is -2.44. The van der Waals surface area contributed by atoms with E-state index in [1.54, 1.807) is 6.92 Å². The van der Waals surface area contributed by atoms with Gasteiger partial charge in [-0.1, -0.05) is 18.2 Å². The number of hydrogen-bond donors (Lipinski definition) is 0. The molecule has 1 heterocycles. The highest BCUT2D eigenvalue weighted by atomic mass is 16.2. The summed E-state index contributed by atoms with van der Waals surface area (Å²) in [4.78, 5) is 27.6. The van der Waals surface area contributed by atoms with Gasteiger partial charge in [-0.15, -0.1) is 0 Å². The lowest BCUT2D eigenvalue weighted by atomic mass is 9.95. The molecule has 2 amide bonds. The quantitative estimate of drug-likeness (QED) is 0.848.